The van der Waals surface area contributed by atoms with E-state index in [1.165, 1.54) is 12.8 Å². The third kappa shape index (κ3) is 4.95. The number of carbonyl (C=O) groups is 1. The number of fused-ring (bicyclic) bond motifs is 2. The van der Waals surface area contributed by atoms with E-state index in [0.29, 0.717) is 24.0 Å². The standard InChI is InChI=1S/C23H28N2O4S/c1-30(27,28)25(15-23(26)24-22-14-18-7-8-19(22)13-18)20-9-11-21(12-10-20)29-16-17-5-3-2-4-6-17/h2-6,9-12,18-19,22H,7-8,13-16H2,1H3,(H,24,26)/t18-,19+,22+/m1/s1. The third-order valence-corrected chi connectivity index (χ3v) is 7.29. The second-order valence-corrected chi connectivity index (χ2v) is 10.3. The Hall–Kier alpha value is -2.54. The molecule has 3 atom stereocenters. The zero-order valence-electron chi connectivity index (χ0n) is 17.2. The van der Waals surface area contributed by atoms with Crippen molar-refractivity contribution in [3.05, 3.63) is 60.2 Å². The van der Waals surface area contributed by atoms with Gasteiger partial charge in [0, 0.05) is 6.04 Å². The van der Waals surface area contributed by atoms with Crippen LogP contribution in [0.3, 0.4) is 0 Å². The fourth-order valence-corrected chi connectivity index (χ4v) is 5.51. The Balaban J connectivity index is 1.38. The predicted octanol–water partition coefficient (Wildman–Crippen LogP) is 3.34. The van der Waals surface area contributed by atoms with E-state index in [1.807, 2.05) is 30.3 Å². The summed E-state index contributed by atoms with van der Waals surface area (Å²) in [7, 11) is -3.59. The first-order valence-electron chi connectivity index (χ1n) is 10.4. The molecule has 1 N–H and O–H groups in total. The molecule has 2 saturated carbocycles. The van der Waals surface area contributed by atoms with Gasteiger partial charge < -0.3 is 10.1 Å². The van der Waals surface area contributed by atoms with Gasteiger partial charge in [0.15, 0.2) is 0 Å². The topological polar surface area (TPSA) is 75.7 Å². The summed E-state index contributed by atoms with van der Waals surface area (Å²) in [6, 6.07) is 16.8. The van der Waals surface area contributed by atoms with E-state index in [9.17, 15) is 13.2 Å². The summed E-state index contributed by atoms with van der Waals surface area (Å²) in [6.07, 6.45) is 5.74. The third-order valence-electron chi connectivity index (χ3n) is 6.15. The normalized spacial score (nSPS) is 22.6. The van der Waals surface area contributed by atoms with Gasteiger partial charge in [0.2, 0.25) is 15.9 Å². The highest BCUT2D eigenvalue weighted by molar-refractivity contribution is 7.92. The van der Waals surface area contributed by atoms with E-state index in [2.05, 4.69) is 5.32 Å². The lowest BCUT2D eigenvalue weighted by molar-refractivity contribution is -0.120. The summed E-state index contributed by atoms with van der Waals surface area (Å²) in [5.74, 6) is 1.66. The van der Waals surface area contributed by atoms with Gasteiger partial charge in [-0.2, -0.15) is 0 Å². The maximum Gasteiger partial charge on any atom is 0.241 e. The lowest BCUT2D eigenvalue weighted by atomic mass is 9.95. The number of carbonyl (C=O) groups excluding carboxylic acids is 1. The molecular formula is C23H28N2O4S. The van der Waals surface area contributed by atoms with Crippen molar-refractivity contribution < 1.29 is 17.9 Å². The number of benzene rings is 2. The Morgan fingerprint density at radius 3 is 2.40 bits per heavy atom. The number of rotatable bonds is 8. The van der Waals surface area contributed by atoms with Gasteiger partial charge in [0.05, 0.1) is 11.9 Å². The molecule has 0 aliphatic heterocycles. The van der Waals surface area contributed by atoms with Crippen molar-refractivity contribution in [1.82, 2.24) is 5.32 Å². The van der Waals surface area contributed by atoms with E-state index in [0.717, 1.165) is 34.9 Å². The number of amides is 1. The van der Waals surface area contributed by atoms with Crippen molar-refractivity contribution in [1.29, 1.82) is 0 Å². The van der Waals surface area contributed by atoms with E-state index in [-0.39, 0.29) is 18.5 Å². The first-order valence-corrected chi connectivity index (χ1v) is 12.3. The second-order valence-electron chi connectivity index (χ2n) is 8.39. The van der Waals surface area contributed by atoms with Crippen LogP contribution in [-0.4, -0.2) is 33.2 Å². The fourth-order valence-electron chi connectivity index (χ4n) is 4.65. The minimum atomic E-state index is -3.59. The highest BCUT2D eigenvalue weighted by Crippen LogP contribution is 2.44. The van der Waals surface area contributed by atoms with E-state index in [4.69, 9.17) is 4.74 Å². The quantitative estimate of drug-likeness (QED) is 0.700. The SMILES string of the molecule is CS(=O)(=O)N(CC(=O)N[C@H]1C[C@@H]2CC[C@H]1C2)c1ccc(OCc2ccccc2)cc1. The molecule has 7 heteroatoms. The van der Waals surface area contributed by atoms with Crippen LogP contribution in [0.25, 0.3) is 0 Å². The molecule has 2 aromatic carbocycles. The van der Waals surface area contributed by atoms with Gasteiger partial charge in [-0.25, -0.2) is 8.42 Å². The summed E-state index contributed by atoms with van der Waals surface area (Å²) < 4.78 is 31.6. The molecular weight excluding hydrogens is 400 g/mol. The fraction of sp³-hybridized carbons (Fsp3) is 0.435. The lowest BCUT2D eigenvalue weighted by Gasteiger charge is -2.26. The van der Waals surface area contributed by atoms with Crippen LogP contribution in [0.15, 0.2) is 54.6 Å². The number of nitrogens with one attached hydrogen (secondary N) is 1. The molecule has 4 rings (SSSR count). The van der Waals surface area contributed by atoms with Gasteiger partial charge in [-0.1, -0.05) is 36.8 Å². The van der Waals surface area contributed by atoms with Crippen LogP contribution >= 0.6 is 0 Å². The summed E-state index contributed by atoms with van der Waals surface area (Å²) in [5.41, 5.74) is 1.50. The Kier molecular flexibility index (Phi) is 5.99. The molecule has 2 fully saturated rings. The largest absolute Gasteiger partial charge is 0.489 e. The maximum atomic E-state index is 12.6. The molecule has 1 amide bonds. The van der Waals surface area contributed by atoms with Crippen molar-refractivity contribution in [2.75, 3.05) is 17.1 Å². The monoisotopic (exact) mass is 428 g/mol. The summed E-state index contributed by atoms with van der Waals surface area (Å²) in [5, 5.41) is 3.06. The van der Waals surface area contributed by atoms with Crippen molar-refractivity contribution in [3.63, 3.8) is 0 Å². The molecule has 2 aliphatic carbocycles. The first-order chi connectivity index (χ1) is 14.4. The van der Waals surface area contributed by atoms with Gasteiger partial charge in [-0.05, 0) is 60.9 Å². The van der Waals surface area contributed by atoms with Crippen molar-refractivity contribution in [3.8, 4) is 5.75 Å². The molecule has 0 unspecified atom stereocenters. The first kappa shape index (κ1) is 20.7. The maximum absolute atomic E-state index is 12.6. The summed E-state index contributed by atoms with van der Waals surface area (Å²) in [6.45, 7) is 0.221. The van der Waals surface area contributed by atoms with Gasteiger partial charge in [-0.3, -0.25) is 9.10 Å². The summed E-state index contributed by atoms with van der Waals surface area (Å²) >= 11 is 0. The van der Waals surface area contributed by atoms with Gasteiger partial charge in [0.25, 0.3) is 0 Å². The van der Waals surface area contributed by atoms with Crippen molar-refractivity contribution in [2.24, 2.45) is 11.8 Å². The zero-order valence-corrected chi connectivity index (χ0v) is 18.0. The molecule has 0 aromatic heterocycles. The van der Waals surface area contributed by atoms with Crippen LogP contribution in [0, 0.1) is 11.8 Å². The lowest BCUT2D eigenvalue weighted by Crippen LogP contribution is -2.45. The van der Waals surface area contributed by atoms with E-state index in [1.54, 1.807) is 24.3 Å². The average Bonchev–Trinajstić information content (AvgIpc) is 3.34. The second kappa shape index (κ2) is 8.68. The molecule has 2 bridgehead atoms. The van der Waals surface area contributed by atoms with Crippen LogP contribution < -0.4 is 14.4 Å². The van der Waals surface area contributed by atoms with Crippen LogP contribution in [0.2, 0.25) is 0 Å². The molecule has 0 heterocycles. The number of nitrogens with zero attached hydrogens (tertiary/aromatic N) is 1. The highest BCUT2D eigenvalue weighted by atomic mass is 32.2. The van der Waals surface area contributed by atoms with Crippen LogP contribution in [0.1, 0.15) is 31.2 Å². The minimum Gasteiger partial charge on any atom is -0.489 e. The molecule has 2 aromatic rings. The predicted molar refractivity (Wildman–Crippen MR) is 117 cm³/mol. The van der Waals surface area contributed by atoms with Gasteiger partial charge >= 0.3 is 0 Å². The van der Waals surface area contributed by atoms with Crippen LogP contribution in [0.4, 0.5) is 5.69 Å². The summed E-state index contributed by atoms with van der Waals surface area (Å²) in [4.78, 5) is 12.6. The number of sulfonamides is 1. The molecule has 0 saturated heterocycles. The van der Waals surface area contributed by atoms with Crippen molar-refractivity contribution >= 4 is 21.6 Å². The Morgan fingerprint density at radius 2 is 1.80 bits per heavy atom. The van der Waals surface area contributed by atoms with Crippen LogP contribution in [-0.2, 0) is 21.4 Å². The van der Waals surface area contributed by atoms with Gasteiger partial charge in [-0.15, -0.1) is 0 Å². The molecule has 0 radical (unpaired) electrons. The number of ether oxygens (including phenoxy) is 1. The van der Waals surface area contributed by atoms with E-state index < -0.39 is 10.0 Å². The number of anilines is 1. The van der Waals surface area contributed by atoms with Gasteiger partial charge in [0.1, 0.15) is 18.9 Å². The zero-order chi connectivity index (χ0) is 21.1. The van der Waals surface area contributed by atoms with E-state index >= 15 is 0 Å². The number of hydrogen-bond donors (Lipinski definition) is 1. The minimum absolute atomic E-state index is 0.187. The molecule has 0 spiro atoms. The highest BCUT2D eigenvalue weighted by Gasteiger charge is 2.40. The molecule has 2 aliphatic rings. The Morgan fingerprint density at radius 1 is 1.07 bits per heavy atom. The number of hydrogen-bond acceptors (Lipinski definition) is 4. The average molecular weight is 429 g/mol. The smallest absolute Gasteiger partial charge is 0.241 e. The molecule has 160 valence electrons. The molecule has 30 heavy (non-hydrogen) atoms. The van der Waals surface area contributed by atoms with Crippen LogP contribution in [0.5, 0.6) is 5.75 Å². The Bertz CT molecular complexity index is 976. The van der Waals surface area contributed by atoms with Crippen molar-refractivity contribution in [2.45, 2.75) is 38.3 Å². The molecule has 6 nitrogen and oxygen atoms in total. The Labute approximate surface area is 178 Å².